The molecule has 11 nitrogen and oxygen atoms in total. The average molecular weight is 481 g/mol. The fraction of sp³-hybridized carbons (Fsp3) is 0.417. The molecule has 1 aromatic carbocycles. The Balaban J connectivity index is 1.53. The highest BCUT2D eigenvalue weighted by atomic mass is 16.5. The number of carboxylic acid groups (broad SMARTS) is 1. The number of nitrogen functional groups attached to an aromatic ring is 1. The third-order valence-corrected chi connectivity index (χ3v) is 6.56. The Morgan fingerprint density at radius 2 is 2.09 bits per heavy atom. The van der Waals surface area contributed by atoms with Crippen LogP contribution in [0.2, 0.25) is 0 Å². The number of hydrogen-bond acceptors (Lipinski definition) is 8. The van der Waals surface area contributed by atoms with Gasteiger partial charge in [-0.3, -0.25) is 4.79 Å². The van der Waals surface area contributed by atoms with Crippen LogP contribution in [0.25, 0.3) is 16.9 Å². The van der Waals surface area contributed by atoms with E-state index in [4.69, 9.17) is 20.9 Å². The monoisotopic (exact) mass is 480 g/mol. The molecule has 1 fully saturated rings. The number of carboxylic acids is 1. The van der Waals surface area contributed by atoms with Gasteiger partial charge in [-0.15, -0.1) is 5.10 Å². The van der Waals surface area contributed by atoms with Crippen LogP contribution < -0.4 is 16.2 Å². The van der Waals surface area contributed by atoms with E-state index in [1.807, 2.05) is 11.0 Å². The van der Waals surface area contributed by atoms with Crippen LogP contribution >= 0.6 is 0 Å². The SMILES string of the molecule is C[C@@H](C1CC1)N1Cc2cc(-c3ccn4nc(N)c(C(=O)O)c4n3)cc(OCCOCCN)c2C1=O. The standard InChI is InChI=1S/C24H28N6O5/c1-13(14-2-3-14)29-12-16-10-15(11-18(19(16)23(29)31)35-9-8-34-7-5-25)17-4-6-30-22(27-17)20(24(32)33)21(26)28-30/h4,6,10-11,13-14H,2-3,5,7-9,12,25H2,1H3,(H2,26,28)(H,32,33)/t13-/m0/s1. The number of carbonyl (C=O) groups is 2. The third-order valence-electron chi connectivity index (χ3n) is 6.56. The topological polar surface area (TPSA) is 158 Å². The van der Waals surface area contributed by atoms with Gasteiger partial charge < -0.3 is 30.9 Å². The van der Waals surface area contributed by atoms with Crippen molar-refractivity contribution in [2.45, 2.75) is 32.4 Å². The number of aromatic carboxylic acids is 1. The van der Waals surface area contributed by atoms with E-state index in [1.54, 1.807) is 18.3 Å². The molecule has 2 aromatic heterocycles. The van der Waals surface area contributed by atoms with E-state index in [-0.39, 0.29) is 35.6 Å². The van der Waals surface area contributed by atoms with E-state index in [2.05, 4.69) is 17.0 Å². The smallest absolute Gasteiger partial charge is 0.343 e. The fourth-order valence-corrected chi connectivity index (χ4v) is 4.57. The van der Waals surface area contributed by atoms with E-state index >= 15 is 0 Å². The van der Waals surface area contributed by atoms with Gasteiger partial charge in [-0.05, 0) is 49.4 Å². The minimum absolute atomic E-state index is 0.0380. The Bertz CT molecular complexity index is 1300. The lowest BCUT2D eigenvalue weighted by molar-refractivity contribution is 0.0685. The molecule has 1 aliphatic carbocycles. The maximum atomic E-state index is 13.4. The van der Waals surface area contributed by atoms with E-state index in [9.17, 15) is 14.7 Å². The number of hydrogen-bond donors (Lipinski definition) is 3. The average Bonchev–Trinajstić information content (AvgIpc) is 3.55. The summed E-state index contributed by atoms with van der Waals surface area (Å²) in [5, 5.41) is 13.6. The highest BCUT2D eigenvalue weighted by Crippen LogP contribution is 2.41. The van der Waals surface area contributed by atoms with Gasteiger partial charge >= 0.3 is 5.97 Å². The van der Waals surface area contributed by atoms with Gasteiger partial charge in [-0.1, -0.05) is 0 Å². The number of rotatable bonds is 10. The van der Waals surface area contributed by atoms with Crippen LogP contribution in [0.4, 0.5) is 5.82 Å². The Labute approximate surface area is 201 Å². The number of nitrogens with two attached hydrogens (primary N) is 2. The molecule has 5 rings (SSSR count). The quantitative estimate of drug-likeness (QED) is 0.368. The summed E-state index contributed by atoms with van der Waals surface area (Å²) in [7, 11) is 0. The van der Waals surface area contributed by atoms with Crippen LogP contribution in [0, 0.1) is 5.92 Å². The van der Waals surface area contributed by atoms with Gasteiger partial charge in [0.05, 0.1) is 24.5 Å². The van der Waals surface area contributed by atoms with Crippen molar-refractivity contribution >= 4 is 23.3 Å². The van der Waals surface area contributed by atoms with Crippen molar-refractivity contribution in [3.05, 3.63) is 41.1 Å². The van der Waals surface area contributed by atoms with Crippen LogP contribution in [-0.2, 0) is 11.3 Å². The van der Waals surface area contributed by atoms with E-state index in [1.165, 1.54) is 4.52 Å². The summed E-state index contributed by atoms with van der Waals surface area (Å²) in [4.78, 5) is 31.5. The number of aromatic nitrogens is 3. The Morgan fingerprint density at radius 3 is 2.80 bits per heavy atom. The van der Waals surface area contributed by atoms with Crippen LogP contribution in [0.3, 0.4) is 0 Å². The maximum absolute atomic E-state index is 13.4. The number of benzene rings is 1. The number of amides is 1. The lowest BCUT2D eigenvalue weighted by Gasteiger charge is -2.24. The molecule has 0 saturated heterocycles. The molecule has 5 N–H and O–H groups in total. The number of nitrogens with zero attached hydrogens (tertiary/aromatic N) is 4. The zero-order valence-electron chi connectivity index (χ0n) is 19.4. The summed E-state index contributed by atoms with van der Waals surface area (Å²) >= 11 is 0. The first-order chi connectivity index (χ1) is 16.9. The first-order valence-corrected chi connectivity index (χ1v) is 11.7. The Hall–Kier alpha value is -3.70. The summed E-state index contributed by atoms with van der Waals surface area (Å²) in [6.45, 7) is 4.03. The molecular weight excluding hydrogens is 452 g/mol. The normalized spacial score (nSPS) is 16.1. The van der Waals surface area contributed by atoms with Crippen molar-refractivity contribution in [2.24, 2.45) is 11.7 Å². The molecule has 0 unspecified atom stereocenters. The molecule has 0 spiro atoms. The predicted octanol–water partition coefficient (Wildman–Crippen LogP) is 1.79. The molecule has 2 aliphatic rings. The first-order valence-electron chi connectivity index (χ1n) is 11.7. The lowest BCUT2D eigenvalue weighted by atomic mass is 10.0. The molecule has 0 bridgehead atoms. The third kappa shape index (κ3) is 4.28. The van der Waals surface area contributed by atoms with Crippen molar-refractivity contribution in [2.75, 3.05) is 32.1 Å². The van der Waals surface area contributed by atoms with Gasteiger partial charge in [0.15, 0.2) is 11.5 Å². The van der Waals surface area contributed by atoms with Crippen LogP contribution in [-0.4, -0.2) is 68.9 Å². The van der Waals surface area contributed by atoms with Crippen LogP contribution in [0.5, 0.6) is 5.75 Å². The fourth-order valence-electron chi connectivity index (χ4n) is 4.57. The summed E-state index contributed by atoms with van der Waals surface area (Å²) in [5.41, 5.74) is 13.9. The summed E-state index contributed by atoms with van der Waals surface area (Å²) in [6, 6.07) is 5.57. The highest BCUT2D eigenvalue weighted by Gasteiger charge is 2.40. The Kier molecular flexibility index (Phi) is 6.03. The van der Waals surface area contributed by atoms with Gasteiger partial charge in [-0.25, -0.2) is 14.3 Å². The van der Waals surface area contributed by atoms with Gasteiger partial charge in [0.1, 0.15) is 17.9 Å². The predicted molar refractivity (Wildman–Crippen MR) is 127 cm³/mol. The second kappa shape index (κ2) is 9.16. The zero-order valence-corrected chi connectivity index (χ0v) is 19.4. The second-order valence-electron chi connectivity index (χ2n) is 8.92. The van der Waals surface area contributed by atoms with Crippen LogP contribution in [0.1, 0.15) is 46.0 Å². The van der Waals surface area contributed by atoms with Crippen molar-refractivity contribution in [3.8, 4) is 17.0 Å². The summed E-state index contributed by atoms with van der Waals surface area (Å²) < 4.78 is 12.8. The highest BCUT2D eigenvalue weighted by molar-refractivity contribution is 6.02. The summed E-state index contributed by atoms with van der Waals surface area (Å²) in [6.07, 6.45) is 3.89. The van der Waals surface area contributed by atoms with Crippen molar-refractivity contribution in [1.82, 2.24) is 19.5 Å². The largest absolute Gasteiger partial charge is 0.490 e. The van der Waals surface area contributed by atoms with E-state index in [0.29, 0.717) is 54.8 Å². The van der Waals surface area contributed by atoms with Crippen LogP contribution in [0.15, 0.2) is 24.4 Å². The molecule has 1 saturated carbocycles. The number of fused-ring (bicyclic) bond motifs is 2. The number of anilines is 1. The molecule has 0 radical (unpaired) electrons. The molecular formula is C24H28N6O5. The van der Waals surface area contributed by atoms with Gasteiger partial charge in [0, 0.05) is 30.9 Å². The van der Waals surface area contributed by atoms with E-state index in [0.717, 1.165) is 18.4 Å². The molecule has 3 heterocycles. The second-order valence-corrected chi connectivity index (χ2v) is 8.92. The minimum atomic E-state index is -1.20. The molecule has 1 aliphatic heterocycles. The van der Waals surface area contributed by atoms with Crippen molar-refractivity contribution in [3.63, 3.8) is 0 Å². The first kappa shape index (κ1) is 23.1. The van der Waals surface area contributed by atoms with Crippen molar-refractivity contribution in [1.29, 1.82) is 0 Å². The summed E-state index contributed by atoms with van der Waals surface area (Å²) in [5.74, 6) is -0.352. The lowest BCUT2D eigenvalue weighted by Crippen LogP contribution is -2.34. The van der Waals surface area contributed by atoms with Gasteiger partial charge in [-0.2, -0.15) is 0 Å². The van der Waals surface area contributed by atoms with Gasteiger partial charge in [0.25, 0.3) is 5.91 Å². The number of carbonyl (C=O) groups excluding carboxylic acids is 1. The van der Waals surface area contributed by atoms with Gasteiger partial charge in [0.2, 0.25) is 0 Å². The van der Waals surface area contributed by atoms with Crippen molar-refractivity contribution < 1.29 is 24.2 Å². The maximum Gasteiger partial charge on any atom is 0.343 e. The molecule has 184 valence electrons. The molecule has 3 aromatic rings. The zero-order chi connectivity index (χ0) is 24.7. The minimum Gasteiger partial charge on any atom is -0.490 e. The number of ether oxygens (including phenoxy) is 2. The molecule has 35 heavy (non-hydrogen) atoms. The molecule has 11 heteroatoms. The molecule has 1 atom stereocenters. The van der Waals surface area contributed by atoms with E-state index < -0.39 is 5.97 Å². The molecule has 1 amide bonds. The Morgan fingerprint density at radius 1 is 1.29 bits per heavy atom.